The van der Waals surface area contributed by atoms with Gasteiger partial charge in [-0.15, -0.1) is 22.6 Å². The zero-order chi connectivity index (χ0) is 25.8. The fourth-order valence-corrected chi connectivity index (χ4v) is 4.35. The number of benzene rings is 2. The van der Waals surface area contributed by atoms with Crippen molar-refractivity contribution in [2.45, 2.75) is 26.0 Å². The number of rotatable bonds is 10. The summed E-state index contributed by atoms with van der Waals surface area (Å²) < 4.78 is 40.6. The average Bonchev–Trinajstić information content (AvgIpc) is 3.27. The highest BCUT2D eigenvalue weighted by Gasteiger charge is 2.19. The molecule has 0 unspecified atom stereocenters. The molecule has 0 fully saturated rings. The minimum absolute atomic E-state index is 0. The van der Waals surface area contributed by atoms with E-state index in [1.807, 2.05) is 13.8 Å². The average molecular weight is 579 g/mol. The van der Waals surface area contributed by atoms with Gasteiger partial charge in [0.15, 0.2) is 11.6 Å². The van der Waals surface area contributed by atoms with E-state index in [1.54, 1.807) is 18.2 Å². The largest absolute Gasteiger partial charge is 0.490 e. The summed E-state index contributed by atoms with van der Waals surface area (Å²) in [5.74, 6) is -0.481. The third-order valence-electron chi connectivity index (χ3n) is 4.30. The number of aromatic nitrogens is 2. The van der Waals surface area contributed by atoms with Crippen LogP contribution in [0.25, 0.3) is 21.1 Å². The number of nitrogens with two attached hydrogens (primary N) is 1. The zero-order valence-corrected chi connectivity index (χ0v) is 22.2. The smallest absolute Gasteiger partial charge is 0.469 e. The van der Waals surface area contributed by atoms with Gasteiger partial charge in [-0.25, -0.2) is 8.96 Å². The van der Waals surface area contributed by atoms with Gasteiger partial charge < -0.3 is 25.0 Å². The Morgan fingerprint density at radius 2 is 1.89 bits per heavy atom. The Morgan fingerprint density at radius 3 is 2.53 bits per heavy atom. The summed E-state index contributed by atoms with van der Waals surface area (Å²) in [7, 11) is -4.67. The maximum absolute atomic E-state index is 14.6. The molecule has 1 atom stereocenters. The summed E-state index contributed by atoms with van der Waals surface area (Å²) in [4.78, 5) is 17.4. The molecule has 15 heteroatoms. The number of hydrogen-bond donors (Lipinski definition) is 3. The van der Waals surface area contributed by atoms with E-state index in [-0.39, 0.29) is 41.5 Å². The van der Waals surface area contributed by atoms with Crippen molar-refractivity contribution in [1.82, 2.24) is 10.2 Å². The third-order valence-corrected chi connectivity index (χ3v) is 6.10. The Balaban J connectivity index is 0.00000456. The Labute approximate surface area is 221 Å². The summed E-state index contributed by atoms with van der Waals surface area (Å²) in [6.45, 7) is 2.97. The normalized spacial score (nSPS) is 12.1. The Morgan fingerprint density at radius 1 is 1.19 bits per heavy atom. The van der Waals surface area contributed by atoms with Crippen molar-refractivity contribution in [1.29, 1.82) is 5.26 Å². The van der Waals surface area contributed by atoms with Crippen LogP contribution in [0.3, 0.4) is 0 Å². The van der Waals surface area contributed by atoms with Gasteiger partial charge >= 0.3 is 7.82 Å². The fourth-order valence-electron chi connectivity index (χ4n) is 2.80. The van der Waals surface area contributed by atoms with Gasteiger partial charge in [-0.1, -0.05) is 22.9 Å². The van der Waals surface area contributed by atoms with Crippen LogP contribution >= 0.6 is 43.2 Å². The van der Waals surface area contributed by atoms with Crippen molar-refractivity contribution in [3.63, 3.8) is 0 Å². The van der Waals surface area contributed by atoms with E-state index in [1.165, 1.54) is 6.07 Å². The Hall–Kier alpha value is -2.33. The maximum atomic E-state index is 14.6. The van der Waals surface area contributed by atoms with Crippen LogP contribution in [-0.4, -0.2) is 45.3 Å². The van der Waals surface area contributed by atoms with Crippen molar-refractivity contribution < 1.29 is 32.7 Å². The van der Waals surface area contributed by atoms with Crippen LogP contribution < -0.4 is 15.2 Å². The van der Waals surface area contributed by atoms with Gasteiger partial charge in [0.2, 0.25) is 0 Å². The van der Waals surface area contributed by atoms with E-state index in [4.69, 9.17) is 36.6 Å². The second-order valence-electron chi connectivity index (χ2n) is 7.52. The SMILES string of the molecule is CC(C)Oc1ccc(-c2nnc(-c3cc(F)c(OC[C@H](N)COP(=O)(O)O)cc3Cl)s2)cc1C#N.Cl. The lowest BCUT2D eigenvalue weighted by molar-refractivity contribution is 0.164. The second kappa shape index (κ2) is 12.8. The molecule has 0 saturated heterocycles. The molecule has 3 rings (SSSR count). The molecule has 10 nitrogen and oxygen atoms in total. The van der Waals surface area contributed by atoms with Crippen LogP contribution in [0.4, 0.5) is 4.39 Å². The zero-order valence-electron chi connectivity index (χ0n) is 18.9. The molecule has 1 heterocycles. The molecular formula is C21H22Cl2FN4O6PS. The first-order valence-electron chi connectivity index (χ1n) is 10.1. The number of phosphoric acid groups is 1. The summed E-state index contributed by atoms with van der Waals surface area (Å²) >= 11 is 7.48. The lowest BCUT2D eigenvalue weighted by Gasteiger charge is -2.15. The lowest BCUT2D eigenvalue weighted by atomic mass is 10.1. The van der Waals surface area contributed by atoms with Gasteiger partial charge in [0, 0.05) is 17.2 Å². The molecule has 194 valence electrons. The van der Waals surface area contributed by atoms with Crippen LogP contribution in [0.15, 0.2) is 30.3 Å². The molecule has 3 aromatic rings. The quantitative estimate of drug-likeness (QED) is 0.291. The van der Waals surface area contributed by atoms with Gasteiger partial charge in [0.25, 0.3) is 0 Å². The molecule has 0 saturated carbocycles. The highest BCUT2D eigenvalue weighted by molar-refractivity contribution is 7.46. The first-order valence-corrected chi connectivity index (χ1v) is 12.8. The fraction of sp³-hybridized carbons (Fsp3) is 0.286. The monoisotopic (exact) mass is 578 g/mol. The van der Waals surface area contributed by atoms with Crippen molar-refractivity contribution in [2.75, 3.05) is 13.2 Å². The lowest BCUT2D eigenvalue weighted by Crippen LogP contribution is -2.32. The van der Waals surface area contributed by atoms with Crippen LogP contribution in [0, 0.1) is 17.1 Å². The maximum Gasteiger partial charge on any atom is 0.469 e. The number of nitriles is 1. The molecule has 0 aliphatic carbocycles. The Kier molecular flexibility index (Phi) is 10.6. The number of hydrogen-bond acceptors (Lipinski definition) is 9. The summed E-state index contributed by atoms with van der Waals surface area (Å²) in [6, 6.07) is 8.64. The highest BCUT2D eigenvalue weighted by atomic mass is 35.5. The van der Waals surface area contributed by atoms with Gasteiger partial charge in [0.1, 0.15) is 28.4 Å². The van der Waals surface area contributed by atoms with E-state index >= 15 is 0 Å². The summed E-state index contributed by atoms with van der Waals surface area (Å²) in [5, 5.41) is 18.7. The topological polar surface area (TPSA) is 161 Å². The predicted molar refractivity (Wildman–Crippen MR) is 135 cm³/mol. The molecule has 0 radical (unpaired) electrons. The van der Waals surface area contributed by atoms with Crippen molar-refractivity contribution in [3.05, 3.63) is 46.7 Å². The molecule has 0 spiro atoms. The van der Waals surface area contributed by atoms with Crippen LogP contribution in [0.2, 0.25) is 5.02 Å². The predicted octanol–water partition coefficient (Wildman–Crippen LogP) is 4.56. The summed E-state index contributed by atoms with van der Waals surface area (Å²) in [6.07, 6.45) is -0.0890. The molecule has 0 aliphatic heterocycles. The highest BCUT2D eigenvalue weighted by Crippen LogP contribution is 2.38. The van der Waals surface area contributed by atoms with Crippen LogP contribution in [-0.2, 0) is 9.09 Å². The van der Waals surface area contributed by atoms with Crippen LogP contribution in [0.5, 0.6) is 11.5 Å². The number of phosphoric ester groups is 1. The van der Waals surface area contributed by atoms with E-state index in [0.29, 0.717) is 26.9 Å². The van der Waals surface area contributed by atoms with Gasteiger partial charge in [-0.05, 0) is 38.1 Å². The number of ether oxygens (including phenoxy) is 2. The first kappa shape index (κ1) is 29.9. The minimum Gasteiger partial charge on any atom is -0.490 e. The minimum atomic E-state index is -4.67. The van der Waals surface area contributed by atoms with Crippen molar-refractivity contribution in [3.8, 4) is 38.7 Å². The standard InChI is InChI=1S/C21H21ClFN4O6PS.ClH/c1-11(2)33-18-4-3-12(5-13(18)8-24)20-26-27-21(35-20)15-6-17(23)19(7-16(15)22)31-9-14(25)10-32-34(28,29)30;/h3-7,11,14H,9-10,25H2,1-2H3,(H2,28,29,30);1H/t14-;/m0./s1. The van der Waals surface area contributed by atoms with E-state index in [9.17, 15) is 14.2 Å². The molecule has 36 heavy (non-hydrogen) atoms. The van der Waals surface area contributed by atoms with Gasteiger partial charge in [0.05, 0.1) is 29.3 Å². The first-order chi connectivity index (χ1) is 16.5. The molecular weight excluding hydrogens is 557 g/mol. The third kappa shape index (κ3) is 8.09. The molecule has 0 aliphatic rings. The molecule has 1 aromatic heterocycles. The molecule has 0 amide bonds. The van der Waals surface area contributed by atoms with Crippen molar-refractivity contribution in [2.24, 2.45) is 5.73 Å². The Bertz CT molecular complexity index is 1300. The molecule has 2 aromatic carbocycles. The molecule has 4 N–H and O–H groups in total. The number of nitrogens with zero attached hydrogens (tertiary/aromatic N) is 3. The van der Waals surface area contributed by atoms with Gasteiger partial charge in [-0.3, -0.25) is 4.52 Å². The van der Waals surface area contributed by atoms with E-state index < -0.39 is 26.3 Å². The number of halogens is 3. The summed E-state index contributed by atoms with van der Waals surface area (Å²) in [5.41, 5.74) is 6.94. The van der Waals surface area contributed by atoms with Crippen molar-refractivity contribution >= 4 is 43.2 Å². The van der Waals surface area contributed by atoms with E-state index in [2.05, 4.69) is 20.8 Å². The molecule has 0 bridgehead atoms. The van der Waals surface area contributed by atoms with E-state index in [0.717, 1.165) is 17.4 Å². The van der Waals surface area contributed by atoms with Crippen LogP contribution in [0.1, 0.15) is 19.4 Å². The van der Waals surface area contributed by atoms with Gasteiger partial charge in [-0.2, -0.15) is 5.26 Å². The second-order valence-corrected chi connectivity index (χ2v) is 10.1.